The highest BCUT2D eigenvalue weighted by molar-refractivity contribution is 5.45. The maximum absolute atomic E-state index is 13.9. The van der Waals surface area contributed by atoms with Gasteiger partial charge in [-0.15, -0.1) is 0 Å². The maximum atomic E-state index is 13.9. The average Bonchev–Trinajstić information content (AvgIpc) is 2.77. The molecule has 0 spiro atoms. The summed E-state index contributed by atoms with van der Waals surface area (Å²) in [7, 11) is 3.47. The summed E-state index contributed by atoms with van der Waals surface area (Å²) in [6.07, 6.45) is 0.788. The van der Waals surface area contributed by atoms with Crippen molar-refractivity contribution in [1.29, 1.82) is 0 Å². The lowest BCUT2D eigenvalue weighted by Gasteiger charge is -2.26. The van der Waals surface area contributed by atoms with Crippen molar-refractivity contribution in [2.75, 3.05) is 27.2 Å². The Hall–Kier alpha value is -1.20. The van der Waals surface area contributed by atoms with Gasteiger partial charge in [0.1, 0.15) is 5.75 Å². The molecule has 1 aliphatic heterocycles. The van der Waals surface area contributed by atoms with Gasteiger partial charge >= 0.3 is 0 Å². The first-order valence-corrected chi connectivity index (χ1v) is 6.84. The van der Waals surface area contributed by atoms with Crippen LogP contribution in [-0.4, -0.2) is 32.1 Å². The molecular weight excluding hydrogens is 262 g/mol. The number of nitrogens with zero attached hydrogens (tertiary/aromatic N) is 1. The molecule has 0 amide bonds. The lowest BCUT2D eigenvalue weighted by molar-refractivity contribution is 0.0151. The molecule has 1 aromatic carbocycles. The van der Waals surface area contributed by atoms with Gasteiger partial charge in [0.05, 0.1) is 7.11 Å². The predicted molar refractivity (Wildman–Crippen MR) is 75.1 cm³/mol. The number of hydrogen-bond donors (Lipinski definition) is 1. The summed E-state index contributed by atoms with van der Waals surface area (Å²) in [5.41, 5.74) is 6.37. The van der Waals surface area contributed by atoms with E-state index in [2.05, 4.69) is 4.90 Å². The van der Waals surface area contributed by atoms with Crippen LogP contribution in [0.2, 0.25) is 0 Å². The number of hydrogen-bond acceptors (Lipinski definition) is 3. The Morgan fingerprint density at radius 1 is 1.45 bits per heavy atom. The minimum atomic E-state index is -2.88. The van der Waals surface area contributed by atoms with Gasteiger partial charge in [0.15, 0.2) is 0 Å². The van der Waals surface area contributed by atoms with E-state index in [-0.39, 0.29) is 11.6 Å². The van der Waals surface area contributed by atoms with Gasteiger partial charge in [-0.3, -0.25) is 4.90 Å². The quantitative estimate of drug-likeness (QED) is 0.924. The SMILES string of the molecule is COc1cccc(C(C)(F)F)c1C1CC(CN)CN1C. The minimum absolute atomic E-state index is 0.0476. The molecule has 3 nitrogen and oxygen atoms in total. The van der Waals surface area contributed by atoms with Crippen LogP contribution < -0.4 is 10.5 Å². The summed E-state index contributed by atoms with van der Waals surface area (Å²) in [4.78, 5) is 2.09. The van der Waals surface area contributed by atoms with Crippen LogP contribution in [0.3, 0.4) is 0 Å². The third-order valence-corrected chi connectivity index (χ3v) is 4.06. The highest BCUT2D eigenvalue weighted by atomic mass is 19.3. The first kappa shape index (κ1) is 15.2. The van der Waals surface area contributed by atoms with Crippen LogP contribution in [0.15, 0.2) is 18.2 Å². The molecule has 2 N–H and O–H groups in total. The van der Waals surface area contributed by atoms with Gasteiger partial charge in [-0.1, -0.05) is 12.1 Å². The molecule has 0 radical (unpaired) electrons. The smallest absolute Gasteiger partial charge is 0.270 e. The number of likely N-dealkylation sites (tertiary alicyclic amines) is 1. The number of halogens is 2. The number of alkyl halides is 2. The fourth-order valence-electron chi connectivity index (χ4n) is 3.06. The number of rotatable bonds is 4. The largest absolute Gasteiger partial charge is 0.496 e. The molecule has 20 heavy (non-hydrogen) atoms. The molecule has 0 aliphatic carbocycles. The van der Waals surface area contributed by atoms with E-state index in [1.807, 2.05) is 7.05 Å². The molecule has 0 aromatic heterocycles. The van der Waals surface area contributed by atoms with E-state index in [9.17, 15) is 8.78 Å². The number of nitrogens with two attached hydrogens (primary N) is 1. The van der Waals surface area contributed by atoms with Crippen LogP contribution >= 0.6 is 0 Å². The minimum Gasteiger partial charge on any atom is -0.496 e. The summed E-state index contributed by atoms with van der Waals surface area (Å²) in [5, 5.41) is 0. The van der Waals surface area contributed by atoms with Gasteiger partial charge < -0.3 is 10.5 Å². The van der Waals surface area contributed by atoms with E-state index >= 15 is 0 Å². The van der Waals surface area contributed by atoms with Crippen LogP contribution in [0.1, 0.15) is 30.5 Å². The zero-order valence-corrected chi connectivity index (χ0v) is 12.2. The summed E-state index contributed by atoms with van der Waals surface area (Å²) in [5.74, 6) is -2.02. The van der Waals surface area contributed by atoms with Crippen LogP contribution in [0.25, 0.3) is 0 Å². The molecule has 2 rings (SSSR count). The fourth-order valence-corrected chi connectivity index (χ4v) is 3.06. The van der Waals surface area contributed by atoms with E-state index in [0.29, 0.717) is 23.8 Å². The molecule has 0 saturated carbocycles. The first-order valence-electron chi connectivity index (χ1n) is 6.84. The molecule has 0 bridgehead atoms. The zero-order chi connectivity index (χ0) is 14.9. The lowest BCUT2D eigenvalue weighted by atomic mass is 9.92. The van der Waals surface area contributed by atoms with E-state index in [1.54, 1.807) is 12.1 Å². The molecule has 1 heterocycles. The molecule has 5 heteroatoms. The van der Waals surface area contributed by atoms with Gasteiger partial charge in [0.25, 0.3) is 5.92 Å². The standard InChI is InChI=1S/C15H22F2N2O/c1-15(16,17)11-5-4-6-13(20-3)14(11)12-7-10(8-18)9-19(12)2/h4-6,10,12H,7-9,18H2,1-3H3. The Bertz CT molecular complexity index is 473. The number of methoxy groups -OCH3 is 1. The Morgan fingerprint density at radius 2 is 2.15 bits per heavy atom. The summed E-state index contributed by atoms with van der Waals surface area (Å²) >= 11 is 0. The van der Waals surface area contributed by atoms with Crippen molar-refractivity contribution in [3.05, 3.63) is 29.3 Å². The highest BCUT2D eigenvalue weighted by Gasteiger charge is 2.37. The fraction of sp³-hybridized carbons (Fsp3) is 0.600. The monoisotopic (exact) mass is 284 g/mol. The second-order valence-electron chi connectivity index (χ2n) is 5.60. The van der Waals surface area contributed by atoms with Gasteiger partial charge in [-0.25, -0.2) is 8.78 Å². The Morgan fingerprint density at radius 3 is 2.65 bits per heavy atom. The summed E-state index contributed by atoms with van der Waals surface area (Å²) < 4.78 is 33.1. The van der Waals surface area contributed by atoms with Crippen LogP contribution in [0.4, 0.5) is 8.78 Å². The van der Waals surface area contributed by atoms with E-state index < -0.39 is 5.92 Å². The van der Waals surface area contributed by atoms with Crippen molar-refractivity contribution in [3.63, 3.8) is 0 Å². The second-order valence-corrected chi connectivity index (χ2v) is 5.60. The normalized spacial score (nSPS) is 24.1. The summed E-state index contributed by atoms with van der Waals surface area (Å²) in [6, 6.07) is 4.78. The molecule has 1 aliphatic rings. The summed E-state index contributed by atoms with van der Waals surface area (Å²) in [6.45, 7) is 2.34. The predicted octanol–water partition coefficient (Wildman–Crippen LogP) is 2.76. The second kappa shape index (κ2) is 5.66. The molecule has 2 unspecified atom stereocenters. The van der Waals surface area contributed by atoms with Crippen molar-refractivity contribution in [1.82, 2.24) is 4.90 Å². The first-order chi connectivity index (χ1) is 9.38. The number of benzene rings is 1. The van der Waals surface area contributed by atoms with Crippen molar-refractivity contribution < 1.29 is 13.5 Å². The topological polar surface area (TPSA) is 38.5 Å². The van der Waals surface area contributed by atoms with Crippen LogP contribution in [-0.2, 0) is 5.92 Å². The van der Waals surface area contributed by atoms with Gasteiger partial charge in [0.2, 0.25) is 0 Å². The molecule has 1 saturated heterocycles. The van der Waals surface area contributed by atoms with Gasteiger partial charge in [-0.05, 0) is 32.0 Å². The van der Waals surface area contributed by atoms with Gasteiger partial charge in [-0.2, -0.15) is 0 Å². The third-order valence-electron chi connectivity index (χ3n) is 4.06. The zero-order valence-electron chi connectivity index (χ0n) is 12.2. The molecular formula is C15H22F2N2O. The third kappa shape index (κ3) is 2.79. The maximum Gasteiger partial charge on any atom is 0.270 e. The molecule has 1 aromatic rings. The van der Waals surface area contributed by atoms with E-state index in [4.69, 9.17) is 10.5 Å². The average molecular weight is 284 g/mol. The Balaban J connectivity index is 2.49. The lowest BCUT2D eigenvalue weighted by Crippen LogP contribution is -2.23. The van der Waals surface area contributed by atoms with Crippen molar-refractivity contribution in [2.45, 2.75) is 25.3 Å². The molecule has 2 atom stereocenters. The highest BCUT2D eigenvalue weighted by Crippen LogP contribution is 2.44. The van der Waals surface area contributed by atoms with Crippen molar-refractivity contribution in [2.24, 2.45) is 11.7 Å². The van der Waals surface area contributed by atoms with E-state index in [1.165, 1.54) is 13.2 Å². The van der Waals surface area contributed by atoms with Crippen LogP contribution in [0.5, 0.6) is 5.75 Å². The molecule has 112 valence electrons. The molecule has 1 fully saturated rings. The van der Waals surface area contributed by atoms with Gasteiger partial charge in [0, 0.05) is 30.6 Å². The van der Waals surface area contributed by atoms with Crippen molar-refractivity contribution in [3.8, 4) is 5.75 Å². The van der Waals surface area contributed by atoms with Crippen LogP contribution in [0, 0.1) is 5.92 Å². The Labute approximate surface area is 118 Å². The van der Waals surface area contributed by atoms with Crippen molar-refractivity contribution >= 4 is 0 Å². The number of ether oxygens (including phenoxy) is 1. The van der Waals surface area contributed by atoms with E-state index in [0.717, 1.165) is 19.9 Å². The Kier molecular flexibility index (Phi) is 4.30.